The molecule has 0 aliphatic rings. The first kappa shape index (κ1) is 16.0. The highest BCUT2D eigenvalue weighted by atomic mass is 32.2. The van der Waals surface area contributed by atoms with E-state index in [1.165, 1.54) is 6.42 Å². The summed E-state index contributed by atoms with van der Waals surface area (Å²) >= 11 is 0. The van der Waals surface area contributed by atoms with Crippen LogP contribution < -0.4 is 0 Å². The molecule has 0 saturated carbocycles. The van der Waals surface area contributed by atoms with Crippen molar-refractivity contribution in [2.75, 3.05) is 0 Å². The van der Waals surface area contributed by atoms with E-state index in [1.54, 1.807) is 18.3 Å². The SMILES string of the molecule is CCCCCCC(C)S(=O)(=O)c1cccc2cccnc12. The predicted octanol–water partition coefficient (Wildman–Crippen LogP) is 4.37. The van der Waals surface area contributed by atoms with Crippen LogP contribution in [0.25, 0.3) is 10.9 Å². The van der Waals surface area contributed by atoms with Crippen LogP contribution in [0.2, 0.25) is 0 Å². The Labute approximate surface area is 127 Å². The Morgan fingerprint density at radius 2 is 1.86 bits per heavy atom. The first-order chi connectivity index (χ1) is 10.1. The lowest BCUT2D eigenvalue weighted by Crippen LogP contribution is -2.18. The van der Waals surface area contributed by atoms with E-state index >= 15 is 0 Å². The Kier molecular flexibility index (Phi) is 5.34. The van der Waals surface area contributed by atoms with Crippen LogP contribution in [0.1, 0.15) is 46.0 Å². The molecule has 4 heteroatoms. The average molecular weight is 305 g/mol. The van der Waals surface area contributed by atoms with Crippen molar-refractivity contribution in [3.8, 4) is 0 Å². The molecule has 2 rings (SSSR count). The normalized spacial score (nSPS) is 13.4. The highest BCUT2D eigenvalue weighted by Gasteiger charge is 2.25. The van der Waals surface area contributed by atoms with Gasteiger partial charge in [0.05, 0.1) is 15.7 Å². The fraction of sp³-hybridized carbons (Fsp3) is 0.471. The second kappa shape index (κ2) is 7.03. The zero-order valence-electron chi connectivity index (χ0n) is 12.7. The fourth-order valence-corrected chi connectivity index (χ4v) is 4.16. The topological polar surface area (TPSA) is 47.0 Å². The van der Waals surface area contributed by atoms with Gasteiger partial charge in [-0.15, -0.1) is 0 Å². The molecule has 1 unspecified atom stereocenters. The van der Waals surface area contributed by atoms with Gasteiger partial charge < -0.3 is 0 Å². The molecule has 0 bridgehead atoms. The second-order valence-electron chi connectivity index (χ2n) is 5.54. The maximum Gasteiger partial charge on any atom is 0.183 e. The van der Waals surface area contributed by atoms with E-state index in [0.717, 1.165) is 24.6 Å². The highest BCUT2D eigenvalue weighted by molar-refractivity contribution is 7.92. The largest absolute Gasteiger partial charge is 0.255 e. The Morgan fingerprint density at radius 1 is 1.10 bits per heavy atom. The Bertz CT molecular complexity index is 690. The summed E-state index contributed by atoms with van der Waals surface area (Å²) in [6.07, 6.45) is 6.76. The first-order valence-corrected chi connectivity index (χ1v) is 9.19. The van der Waals surface area contributed by atoms with Gasteiger partial charge in [-0.1, -0.05) is 50.8 Å². The van der Waals surface area contributed by atoms with Gasteiger partial charge in [-0.05, 0) is 25.5 Å². The minimum Gasteiger partial charge on any atom is -0.255 e. The van der Waals surface area contributed by atoms with Gasteiger partial charge in [-0.3, -0.25) is 4.98 Å². The van der Waals surface area contributed by atoms with Gasteiger partial charge in [-0.25, -0.2) is 8.42 Å². The van der Waals surface area contributed by atoms with Crippen LogP contribution in [0.3, 0.4) is 0 Å². The highest BCUT2D eigenvalue weighted by Crippen LogP contribution is 2.26. The van der Waals surface area contributed by atoms with E-state index in [2.05, 4.69) is 11.9 Å². The summed E-state index contributed by atoms with van der Waals surface area (Å²) in [6, 6.07) is 9.08. The molecule has 3 nitrogen and oxygen atoms in total. The Morgan fingerprint density at radius 3 is 2.62 bits per heavy atom. The van der Waals surface area contributed by atoms with Crippen LogP contribution in [-0.4, -0.2) is 18.7 Å². The van der Waals surface area contributed by atoms with E-state index in [0.29, 0.717) is 16.8 Å². The summed E-state index contributed by atoms with van der Waals surface area (Å²) in [6.45, 7) is 3.96. The molecule has 114 valence electrons. The summed E-state index contributed by atoms with van der Waals surface area (Å²) in [5.74, 6) is 0. The molecule has 1 aromatic heterocycles. The third-order valence-electron chi connectivity index (χ3n) is 3.90. The molecule has 0 fully saturated rings. The standard InChI is InChI=1S/C17H23NO2S/c1-3-4-5-6-9-14(2)21(19,20)16-12-7-10-15-11-8-13-18-17(15)16/h7-8,10-14H,3-6,9H2,1-2H3. The van der Waals surface area contributed by atoms with Gasteiger partial charge in [0, 0.05) is 11.6 Å². The molecule has 0 aliphatic heterocycles. The van der Waals surface area contributed by atoms with Crippen molar-refractivity contribution >= 4 is 20.7 Å². The van der Waals surface area contributed by atoms with Crippen LogP contribution in [0.4, 0.5) is 0 Å². The van der Waals surface area contributed by atoms with Crippen LogP contribution >= 0.6 is 0 Å². The van der Waals surface area contributed by atoms with E-state index < -0.39 is 9.84 Å². The molecule has 1 atom stereocenters. The second-order valence-corrected chi connectivity index (χ2v) is 7.87. The van der Waals surface area contributed by atoms with E-state index in [4.69, 9.17) is 0 Å². The monoisotopic (exact) mass is 305 g/mol. The van der Waals surface area contributed by atoms with Gasteiger partial charge in [0.1, 0.15) is 0 Å². The number of sulfone groups is 1. The number of rotatable bonds is 7. The predicted molar refractivity (Wildman–Crippen MR) is 87.1 cm³/mol. The molecule has 0 N–H and O–H groups in total. The van der Waals surface area contributed by atoms with Crippen LogP contribution in [-0.2, 0) is 9.84 Å². The Hall–Kier alpha value is -1.42. The summed E-state index contributed by atoms with van der Waals surface area (Å²) in [4.78, 5) is 4.62. The molecule has 1 heterocycles. The average Bonchev–Trinajstić information content (AvgIpc) is 2.50. The minimum absolute atomic E-state index is 0.359. The summed E-state index contributed by atoms with van der Waals surface area (Å²) in [5.41, 5.74) is 0.584. The van der Waals surface area contributed by atoms with Crippen molar-refractivity contribution in [1.82, 2.24) is 4.98 Å². The minimum atomic E-state index is -3.32. The lowest BCUT2D eigenvalue weighted by molar-refractivity contribution is 0.563. The molecule has 0 aliphatic carbocycles. The van der Waals surface area contributed by atoms with E-state index in [1.807, 2.05) is 25.1 Å². The van der Waals surface area contributed by atoms with Crippen molar-refractivity contribution in [2.45, 2.75) is 56.1 Å². The third kappa shape index (κ3) is 3.62. The van der Waals surface area contributed by atoms with Gasteiger partial charge in [-0.2, -0.15) is 0 Å². The molecule has 0 spiro atoms. The number of para-hydroxylation sites is 1. The lowest BCUT2D eigenvalue weighted by Gasteiger charge is -2.14. The molecule has 2 aromatic rings. The number of unbranched alkanes of at least 4 members (excludes halogenated alkanes) is 3. The van der Waals surface area contributed by atoms with E-state index in [-0.39, 0.29) is 5.25 Å². The number of fused-ring (bicyclic) bond motifs is 1. The van der Waals surface area contributed by atoms with Crippen LogP contribution in [0.15, 0.2) is 41.4 Å². The zero-order chi connectivity index (χ0) is 15.3. The van der Waals surface area contributed by atoms with E-state index in [9.17, 15) is 8.42 Å². The van der Waals surface area contributed by atoms with Gasteiger partial charge in [0.15, 0.2) is 9.84 Å². The van der Waals surface area contributed by atoms with Crippen LogP contribution in [0.5, 0.6) is 0 Å². The number of pyridine rings is 1. The van der Waals surface area contributed by atoms with Gasteiger partial charge in [0.25, 0.3) is 0 Å². The molecular weight excluding hydrogens is 282 g/mol. The Balaban J connectivity index is 2.25. The number of benzene rings is 1. The number of nitrogens with zero attached hydrogens (tertiary/aromatic N) is 1. The molecular formula is C17H23NO2S. The number of hydrogen-bond acceptors (Lipinski definition) is 3. The van der Waals surface area contributed by atoms with Crippen molar-refractivity contribution < 1.29 is 8.42 Å². The van der Waals surface area contributed by atoms with Crippen molar-refractivity contribution in [3.05, 3.63) is 36.5 Å². The summed E-state index contributed by atoms with van der Waals surface area (Å²) < 4.78 is 25.5. The molecule has 0 saturated heterocycles. The van der Waals surface area contributed by atoms with Crippen molar-refractivity contribution in [2.24, 2.45) is 0 Å². The van der Waals surface area contributed by atoms with Crippen molar-refractivity contribution in [3.63, 3.8) is 0 Å². The van der Waals surface area contributed by atoms with Crippen molar-refractivity contribution in [1.29, 1.82) is 0 Å². The molecule has 0 amide bonds. The molecule has 0 radical (unpaired) electrons. The smallest absolute Gasteiger partial charge is 0.183 e. The zero-order valence-corrected chi connectivity index (χ0v) is 13.6. The maximum absolute atomic E-state index is 12.8. The molecule has 21 heavy (non-hydrogen) atoms. The third-order valence-corrected chi connectivity index (χ3v) is 6.13. The summed E-state index contributed by atoms with van der Waals surface area (Å²) in [7, 11) is -3.32. The first-order valence-electron chi connectivity index (χ1n) is 7.65. The quantitative estimate of drug-likeness (QED) is 0.714. The lowest BCUT2D eigenvalue weighted by atomic mass is 10.1. The summed E-state index contributed by atoms with van der Waals surface area (Å²) in [5, 5.41) is 0.513. The van der Waals surface area contributed by atoms with Gasteiger partial charge >= 0.3 is 0 Å². The fourth-order valence-electron chi connectivity index (χ4n) is 2.54. The van der Waals surface area contributed by atoms with Crippen LogP contribution in [0, 0.1) is 0 Å². The van der Waals surface area contributed by atoms with Gasteiger partial charge in [0.2, 0.25) is 0 Å². The maximum atomic E-state index is 12.8. The number of hydrogen-bond donors (Lipinski definition) is 0. The molecule has 1 aromatic carbocycles. The number of aromatic nitrogens is 1.